The molecule has 0 aromatic heterocycles. The van der Waals surface area contributed by atoms with Gasteiger partial charge in [0.15, 0.2) is 11.5 Å². The minimum Gasteiger partial charge on any atom is -0.507 e. The second kappa shape index (κ2) is 5.04. The maximum absolute atomic E-state index is 9.88. The molecule has 3 N–H and O–H groups in total. The van der Waals surface area contributed by atoms with Crippen LogP contribution in [-0.2, 0) is 6.54 Å². The van der Waals surface area contributed by atoms with Gasteiger partial charge in [0, 0.05) is 30.3 Å². The zero-order valence-electron chi connectivity index (χ0n) is 10.7. The molecule has 1 aliphatic rings. The molecule has 1 aliphatic heterocycles. The van der Waals surface area contributed by atoms with Crippen LogP contribution in [0.1, 0.15) is 25.8 Å². The Morgan fingerprint density at radius 1 is 1.28 bits per heavy atom. The van der Waals surface area contributed by atoms with Crippen molar-refractivity contribution in [2.45, 2.75) is 32.4 Å². The second-order valence-electron chi connectivity index (χ2n) is 5.05. The number of hydrogen-bond acceptors (Lipinski definition) is 5. The molecule has 1 aromatic carbocycles. The van der Waals surface area contributed by atoms with Crippen molar-refractivity contribution < 1.29 is 19.7 Å². The van der Waals surface area contributed by atoms with E-state index in [0.717, 1.165) is 5.56 Å². The van der Waals surface area contributed by atoms with Gasteiger partial charge in [-0.1, -0.05) is 0 Å². The first-order chi connectivity index (χ1) is 8.52. The van der Waals surface area contributed by atoms with Crippen LogP contribution in [0.25, 0.3) is 0 Å². The van der Waals surface area contributed by atoms with Crippen molar-refractivity contribution in [3.63, 3.8) is 0 Å². The highest BCUT2D eigenvalue weighted by molar-refractivity contribution is 5.51. The van der Waals surface area contributed by atoms with Gasteiger partial charge < -0.3 is 25.0 Å². The van der Waals surface area contributed by atoms with Gasteiger partial charge in [0.05, 0.1) is 0 Å². The number of fused-ring (bicyclic) bond motifs is 1. The van der Waals surface area contributed by atoms with Crippen LogP contribution in [0.4, 0.5) is 0 Å². The largest absolute Gasteiger partial charge is 0.507 e. The minimum atomic E-state index is -0.183. The summed E-state index contributed by atoms with van der Waals surface area (Å²) >= 11 is 0. The Morgan fingerprint density at radius 3 is 2.61 bits per heavy atom. The molecule has 0 bridgehead atoms. The highest BCUT2D eigenvalue weighted by atomic mass is 16.7. The number of aromatic hydroxyl groups is 1. The number of ether oxygens (including phenoxy) is 2. The first-order valence-electron chi connectivity index (χ1n) is 5.99. The maximum Gasteiger partial charge on any atom is 0.231 e. The molecule has 0 saturated heterocycles. The number of nitrogens with one attached hydrogen (secondary N) is 1. The summed E-state index contributed by atoms with van der Waals surface area (Å²) in [5.41, 5.74) is 0.572. The molecule has 0 atom stereocenters. The van der Waals surface area contributed by atoms with Crippen molar-refractivity contribution in [3.8, 4) is 17.2 Å². The van der Waals surface area contributed by atoms with Gasteiger partial charge in [-0.05, 0) is 26.3 Å². The van der Waals surface area contributed by atoms with Crippen molar-refractivity contribution in [3.05, 3.63) is 17.7 Å². The number of benzene rings is 1. The van der Waals surface area contributed by atoms with E-state index in [9.17, 15) is 5.11 Å². The molecular formula is C13H19NO4. The Morgan fingerprint density at radius 2 is 1.94 bits per heavy atom. The number of hydrogen-bond donors (Lipinski definition) is 3. The molecule has 0 saturated carbocycles. The molecule has 0 radical (unpaired) electrons. The highest BCUT2D eigenvalue weighted by Gasteiger charge is 2.20. The monoisotopic (exact) mass is 253 g/mol. The predicted molar refractivity (Wildman–Crippen MR) is 66.9 cm³/mol. The fraction of sp³-hybridized carbons (Fsp3) is 0.538. The van der Waals surface area contributed by atoms with Gasteiger partial charge in [-0.25, -0.2) is 0 Å². The Kier molecular flexibility index (Phi) is 3.63. The Labute approximate surface area is 106 Å². The molecule has 0 fully saturated rings. The summed E-state index contributed by atoms with van der Waals surface area (Å²) < 4.78 is 10.5. The van der Waals surface area contributed by atoms with Gasteiger partial charge in [0.2, 0.25) is 6.79 Å². The van der Waals surface area contributed by atoms with E-state index >= 15 is 0 Å². The van der Waals surface area contributed by atoms with E-state index in [-0.39, 0.29) is 24.7 Å². The Balaban J connectivity index is 2.06. The lowest BCUT2D eigenvalue weighted by atomic mass is 10.0. The lowest BCUT2D eigenvalue weighted by Crippen LogP contribution is -2.39. The molecule has 5 heteroatoms. The quantitative estimate of drug-likeness (QED) is 0.739. The van der Waals surface area contributed by atoms with Crippen LogP contribution in [-0.4, -0.2) is 29.2 Å². The third-order valence-corrected chi connectivity index (χ3v) is 3.07. The van der Waals surface area contributed by atoms with E-state index in [1.807, 2.05) is 13.8 Å². The molecule has 1 heterocycles. The van der Waals surface area contributed by atoms with Crippen LogP contribution in [0.15, 0.2) is 12.1 Å². The summed E-state index contributed by atoms with van der Waals surface area (Å²) in [4.78, 5) is 0. The number of aliphatic hydroxyl groups excluding tert-OH is 1. The molecule has 1 aromatic rings. The third kappa shape index (κ3) is 2.86. The lowest BCUT2D eigenvalue weighted by Gasteiger charge is -2.25. The summed E-state index contributed by atoms with van der Waals surface area (Å²) in [5, 5.41) is 22.1. The van der Waals surface area contributed by atoms with Crippen molar-refractivity contribution >= 4 is 0 Å². The van der Waals surface area contributed by atoms with Gasteiger partial charge in [-0.3, -0.25) is 0 Å². The number of rotatable bonds is 5. The van der Waals surface area contributed by atoms with Gasteiger partial charge in [0.1, 0.15) is 5.75 Å². The van der Waals surface area contributed by atoms with E-state index < -0.39 is 0 Å². The van der Waals surface area contributed by atoms with Crippen molar-refractivity contribution in [2.24, 2.45) is 0 Å². The molecule has 0 aliphatic carbocycles. The normalized spacial score (nSPS) is 13.9. The molecule has 0 spiro atoms. The first kappa shape index (κ1) is 13.0. The van der Waals surface area contributed by atoms with Crippen LogP contribution in [0.3, 0.4) is 0 Å². The standard InChI is InChI=1S/C13H19NO4/c1-13(2,3-4-15)14-7-9-5-11-12(6-10(9)16)18-8-17-11/h5-6,14-16H,3-4,7-8H2,1-2H3. The highest BCUT2D eigenvalue weighted by Crippen LogP contribution is 2.37. The minimum absolute atomic E-state index is 0.132. The summed E-state index contributed by atoms with van der Waals surface area (Å²) in [7, 11) is 0. The van der Waals surface area contributed by atoms with Gasteiger partial charge in [0.25, 0.3) is 0 Å². The number of phenols is 1. The van der Waals surface area contributed by atoms with E-state index in [4.69, 9.17) is 14.6 Å². The third-order valence-electron chi connectivity index (χ3n) is 3.07. The van der Waals surface area contributed by atoms with Crippen LogP contribution >= 0.6 is 0 Å². The fourth-order valence-corrected chi connectivity index (χ4v) is 1.82. The maximum atomic E-state index is 9.88. The Bertz CT molecular complexity index is 431. The van der Waals surface area contributed by atoms with Crippen LogP contribution in [0.5, 0.6) is 17.2 Å². The van der Waals surface area contributed by atoms with E-state index in [2.05, 4.69) is 5.32 Å². The molecule has 0 unspecified atom stereocenters. The molecule has 5 nitrogen and oxygen atoms in total. The van der Waals surface area contributed by atoms with Gasteiger partial charge in [-0.2, -0.15) is 0 Å². The average Bonchev–Trinajstić information content (AvgIpc) is 2.72. The lowest BCUT2D eigenvalue weighted by molar-refractivity contribution is 0.174. The van der Waals surface area contributed by atoms with E-state index in [1.54, 1.807) is 12.1 Å². The SMILES string of the molecule is CC(C)(CCO)NCc1cc2c(cc1O)OCO2. The zero-order chi connectivity index (χ0) is 13.2. The number of aliphatic hydroxyl groups is 1. The molecule has 0 amide bonds. The van der Waals surface area contributed by atoms with Gasteiger partial charge >= 0.3 is 0 Å². The van der Waals surface area contributed by atoms with E-state index in [0.29, 0.717) is 24.5 Å². The van der Waals surface area contributed by atoms with Crippen LogP contribution < -0.4 is 14.8 Å². The van der Waals surface area contributed by atoms with Crippen molar-refractivity contribution in [1.29, 1.82) is 0 Å². The van der Waals surface area contributed by atoms with Crippen LogP contribution in [0.2, 0.25) is 0 Å². The molecule has 2 rings (SSSR count). The molecule has 18 heavy (non-hydrogen) atoms. The Hall–Kier alpha value is -1.46. The summed E-state index contributed by atoms with van der Waals surface area (Å²) in [6.45, 7) is 4.85. The summed E-state index contributed by atoms with van der Waals surface area (Å²) in [6.07, 6.45) is 0.651. The molecule has 100 valence electrons. The van der Waals surface area contributed by atoms with Crippen LogP contribution in [0, 0.1) is 0 Å². The molecular weight excluding hydrogens is 234 g/mol. The second-order valence-corrected chi connectivity index (χ2v) is 5.05. The fourth-order valence-electron chi connectivity index (χ4n) is 1.82. The number of phenolic OH excluding ortho intramolecular Hbond substituents is 1. The summed E-state index contributed by atoms with van der Waals surface area (Å²) in [5.74, 6) is 1.42. The average molecular weight is 253 g/mol. The topological polar surface area (TPSA) is 71.0 Å². The van der Waals surface area contributed by atoms with Crippen molar-refractivity contribution in [2.75, 3.05) is 13.4 Å². The van der Waals surface area contributed by atoms with E-state index in [1.165, 1.54) is 0 Å². The smallest absolute Gasteiger partial charge is 0.231 e. The first-order valence-corrected chi connectivity index (χ1v) is 5.99. The predicted octanol–water partition coefficient (Wildman–Crippen LogP) is 1.37. The van der Waals surface area contributed by atoms with Crippen molar-refractivity contribution in [1.82, 2.24) is 5.32 Å². The summed E-state index contributed by atoms with van der Waals surface area (Å²) in [6, 6.07) is 3.35. The zero-order valence-corrected chi connectivity index (χ0v) is 10.7. The van der Waals surface area contributed by atoms with Gasteiger partial charge in [-0.15, -0.1) is 0 Å².